The predicted octanol–water partition coefficient (Wildman–Crippen LogP) is 3.36. The standard InChI is InChI=1S/C15H18Cl2N2O2/c16-10-7-9(8-11(17)14(10)18)15(20)19-5-6-21-13-4-2-1-3-12(13)19/h7-8,12-13H,1-6,18H2. The molecule has 0 spiro atoms. The third-order valence-corrected chi connectivity index (χ3v) is 4.94. The van der Waals surface area contributed by atoms with Crippen LogP contribution in [-0.4, -0.2) is 36.1 Å². The summed E-state index contributed by atoms with van der Waals surface area (Å²) in [4.78, 5) is 14.7. The van der Waals surface area contributed by atoms with Crippen LogP contribution in [0.1, 0.15) is 36.0 Å². The van der Waals surface area contributed by atoms with Gasteiger partial charge in [0, 0.05) is 12.1 Å². The summed E-state index contributed by atoms with van der Waals surface area (Å²) >= 11 is 12.1. The molecule has 6 heteroatoms. The molecule has 1 aliphatic heterocycles. The minimum absolute atomic E-state index is 0.0426. The molecule has 2 aliphatic rings. The van der Waals surface area contributed by atoms with Crippen LogP contribution in [0.5, 0.6) is 0 Å². The zero-order valence-electron chi connectivity index (χ0n) is 11.6. The van der Waals surface area contributed by atoms with Gasteiger partial charge in [0.2, 0.25) is 0 Å². The molecule has 1 aliphatic carbocycles. The summed E-state index contributed by atoms with van der Waals surface area (Å²) < 4.78 is 5.80. The van der Waals surface area contributed by atoms with Crippen LogP contribution in [0.2, 0.25) is 10.0 Å². The first-order chi connectivity index (χ1) is 10.1. The lowest BCUT2D eigenvalue weighted by Gasteiger charge is -2.43. The molecule has 2 N–H and O–H groups in total. The van der Waals surface area contributed by atoms with Crippen molar-refractivity contribution in [1.29, 1.82) is 0 Å². The number of amides is 1. The van der Waals surface area contributed by atoms with E-state index in [0.29, 0.717) is 34.4 Å². The maximum atomic E-state index is 12.8. The van der Waals surface area contributed by atoms with Crippen LogP contribution in [0.15, 0.2) is 12.1 Å². The number of hydrogen-bond acceptors (Lipinski definition) is 3. The first-order valence-corrected chi connectivity index (χ1v) is 8.00. The Morgan fingerprint density at radius 2 is 1.90 bits per heavy atom. The van der Waals surface area contributed by atoms with Gasteiger partial charge in [-0.2, -0.15) is 0 Å². The number of nitrogens with zero attached hydrogens (tertiary/aromatic N) is 1. The topological polar surface area (TPSA) is 55.6 Å². The van der Waals surface area contributed by atoms with Gasteiger partial charge in [-0.05, 0) is 25.0 Å². The second-order valence-corrected chi connectivity index (χ2v) is 6.43. The van der Waals surface area contributed by atoms with E-state index in [1.54, 1.807) is 12.1 Å². The van der Waals surface area contributed by atoms with Crippen molar-refractivity contribution < 1.29 is 9.53 Å². The first-order valence-electron chi connectivity index (χ1n) is 7.25. The summed E-state index contributed by atoms with van der Waals surface area (Å²) in [5, 5.41) is 0.638. The van der Waals surface area contributed by atoms with Crippen LogP contribution in [0.4, 0.5) is 5.69 Å². The fourth-order valence-corrected chi connectivity index (χ4v) is 3.71. The molecule has 4 nitrogen and oxygen atoms in total. The van der Waals surface area contributed by atoms with Crippen LogP contribution < -0.4 is 5.73 Å². The molecule has 0 bridgehead atoms. The van der Waals surface area contributed by atoms with E-state index < -0.39 is 0 Å². The predicted molar refractivity (Wildman–Crippen MR) is 83.9 cm³/mol. The van der Waals surface area contributed by atoms with Crippen molar-refractivity contribution in [2.45, 2.75) is 37.8 Å². The Hall–Kier alpha value is -0.970. The average Bonchev–Trinajstić information content (AvgIpc) is 2.51. The van der Waals surface area contributed by atoms with Crippen LogP contribution in [0.3, 0.4) is 0 Å². The van der Waals surface area contributed by atoms with Crippen LogP contribution in [-0.2, 0) is 4.74 Å². The van der Waals surface area contributed by atoms with Crippen LogP contribution in [0.25, 0.3) is 0 Å². The molecule has 0 radical (unpaired) electrons. The minimum Gasteiger partial charge on any atom is -0.396 e. The van der Waals surface area contributed by atoms with Crippen LogP contribution >= 0.6 is 23.2 Å². The quantitative estimate of drug-likeness (QED) is 0.804. The van der Waals surface area contributed by atoms with E-state index >= 15 is 0 Å². The summed E-state index contributed by atoms with van der Waals surface area (Å²) in [6.07, 6.45) is 4.49. The molecule has 1 heterocycles. The van der Waals surface area contributed by atoms with Crippen molar-refractivity contribution in [3.63, 3.8) is 0 Å². The molecule has 1 amide bonds. The van der Waals surface area contributed by atoms with Gasteiger partial charge in [-0.1, -0.05) is 36.0 Å². The van der Waals surface area contributed by atoms with Crippen molar-refractivity contribution in [2.24, 2.45) is 0 Å². The van der Waals surface area contributed by atoms with E-state index in [4.69, 9.17) is 33.7 Å². The van der Waals surface area contributed by atoms with Crippen molar-refractivity contribution >= 4 is 34.8 Å². The first kappa shape index (κ1) is 14.9. The number of fused-ring (bicyclic) bond motifs is 1. The Morgan fingerprint density at radius 3 is 2.62 bits per heavy atom. The van der Waals surface area contributed by atoms with Gasteiger partial charge >= 0.3 is 0 Å². The smallest absolute Gasteiger partial charge is 0.254 e. The van der Waals surface area contributed by atoms with Crippen molar-refractivity contribution in [3.8, 4) is 0 Å². The Balaban J connectivity index is 1.87. The average molecular weight is 329 g/mol. The number of hydrogen-bond donors (Lipinski definition) is 1. The fraction of sp³-hybridized carbons (Fsp3) is 0.533. The lowest BCUT2D eigenvalue weighted by Crippen LogP contribution is -2.54. The summed E-state index contributed by atoms with van der Waals surface area (Å²) in [7, 11) is 0. The molecule has 21 heavy (non-hydrogen) atoms. The summed E-state index contributed by atoms with van der Waals surface area (Å²) in [5.41, 5.74) is 6.53. The third-order valence-electron chi connectivity index (χ3n) is 4.32. The number of rotatable bonds is 1. The number of nitrogen functional groups attached to an aromatic ring is 1. The number of carbonyl (C=O) groups is 1. The molecule has 2 fully saturated rings. The zero-order valence-corrected chi connectivity index (χ0v) is 13.2. The number of halogens is 2. The van der Waals surface area contributed by atoms with Crippen molar-refractivity contribution in [2.75, 3.05) is 18.9 Å². The molecule has 1 saturated carbocycles. The molecule has 1 aromatic carbocycles. The molecular formula is C15H18Cl2N2O2. The molecular weight excluding hydrogens is 311 g/mol. The molecule has 2 atom stereocenters. The monoisotopic (exact) mass is 328 g/mol. The second kappa shape index (κ2) is 6.03. The van der Waals surface area contributed by atoms with E-state index in [1.165, 1.54) is 6.42 Å². The fourth-order valence-electron chi connectivity index (χ4n) is 3.22. The number of carbonyl (C=O) groups excluding carboxylic acids is 1. The zero-order chi connectivity index (χ0) is 15.0. The van der Waals surface area contributed by atoms with Gasteiger partial charge in [-0.25, -0.2) is 0 Å². The largest absolute Gasteiger partial charge is 0.396 e. The van der Waals surface area contributed by atoms with Gasteiger partial charge in [0.1, 0.15) is 0 Å². The lowest BCUT2D eigenvalue weighted by atomic mass is 9.89. The number of benzene rings is 1. The molecule has 114 valence electrons. The van der Waals surface area contributed by atoms with Crippen molar-refractivity contribution in [3.05, 3.63) is 27.7 Å². The molecule has 3 rings (SSSR count). The van der Waals surface area contributed by atoms with Gasteiger partial charge in [0.15, 0.2) is 0 Å². The number of ether oxygens (including phenoxy) is 1. The Labute approximate surface area is 134 Å². The molecule has 2 unspecified atom stereocenters. The maximum absolute atomic E-state index is 12.8. The van der Waals surface area contributed by atoms with E-state index in [1.807, 2.05) is 4.90 Å². The molecule has 0 aromatic heterocycles. The van der Waals surface area contributed by atoms with E-state index in [2.05, 4.69) is 0 Å². The molecule has 1 aromatic rings. The van der Waals surface area contributed by atoms with E-state index in [9.17, 15) is 4.79 Å². The van der Waals surface area contributed by atoms with Gasteiger partial charge in [-0.3, -0.25) is 4.79 Å². The Morgan fingerprint density at radius 1 is 1.24 bits per heavy atom. The highest BCUT2D eigenvalue weighted by Gasteiger charge is 2.37. The SMILES string of the molecule is Nc1c(Cl)cc(C(=O)N2CCOC3CCCCC32)cc1Cl. The van der Waals surface area contributed by atoms with E-state index in [0.717, 1.165) is 19.3 Å². The van der Waals surface area contributed by atoms with Gasteiger partial charge < -0.3 is 15.4 Å². The number of morpholine rings is 1. The highest BCUT2D eigenvalue weighted by atomic mass is 35.5. The maximum Gasteiger partial charge on any atom is 0.254 e. The van der Waals surface area contributed by atoms with Gasteiger partial charge in [0.05, 0.1) is 34.5 Å². The highest BCUT2D eigenvalue weighted by Crippen LogP contribution is 2.32. The number of anilines is 1. The summed E-state index contributed by atoms with van der Waals surface area (Å²) in [6.45, 7) is 1.20. The normalized spacial score (nSPS) is 25.5. The van der Waals surface area contributed by atoms with E-state index in [-0.39, 0.29) is 18.1 Å². The third kappa shape index (κ3) is 2.85. The van der Waals surface area contributed by atoms with Gasteiger partial charge in [-0.15, -0.1) is 0 Å². The Bertz CT molecular complexity index is 540. The van der Waals surface area contributed by atoms with Crippen LogP contribution in [0, 0.1) is 0 Å². The second-order valence-electron chi connectivity index (χ2n) is 5.61. The Kier molecular flexibility index (Phi) is 4.29. The highest BCUT2D eigenvalue weighted by molar-refractivity contribution is 6.39. The summed E-state index contributed by atoms with van der Waals surface area (Å²) in [5.74, 6) is -0.0426. The number of nitrogens with two attached hydrogens (primary N) is 1. The lowest BCUT2D eigenvalue weighted by molar-refractivity contribution is -0.0752. The van der Waals surface area contributed by atoms with Gasteiger partial charge in [0.25, 0.3) is 5.91 Å². The summed E-state index contributed by atoms with van der Waals surface area (Å²) in [6, 6.07) is 3.35. The molecule has 1 saturated heterocycles. The minimum atomic E-state index is -0.0426. The van der Waals surface area contributed by atoms with Crippen molar-refractivity contribution in [1.82, 2.24) is 4.90 Å².